The molecule has 1 aliphatic carbocycles. The van der Waals surface area contributed by atoms with Crippen molar-refractivity contribution in [2.75, 3.05) is 13.1 Å². The molecule has 8 nitrogen and oxygen atoms in total. The summed E-state index contributed by atoms with van der Waals surface area (Å²) in [6, 6.07) is 4.59. The van der Waals surface area contributed by atoms with Gasteiger partial charge in [-0.1, -0.05) is 25.0 Å². The molecule has 0 aromatic heterocycles. The van der Waals surface area contributed by atoms with Crippen molar-refractivity contribution < 1.29 is 31.5 Å². The maximum atomic E-state index is 12.5. The highest BCUT2D eigenvalue weighted by Gasteiger charge is 2.52. The van der Waals surface area contributed by atoms with Gasteiger partial charge in [-0.05, 0) is 31.4 Å². The van der Waals surface area contributed by atoms with Crippen molar-refractivity contribution in [2.45, 2.75) is 49.2 Å². The molecular weight excluding hydrogens is 396 g/mol. The fraction of sp³-hybridized carbons (Fsp3) is 0.529. The average Bonchev–Trinajstić information content (AvgIpc) is 3.18. The molecule has 1 saturated carbocycles. The third-order valence-electron chi connectivity index (χ3n) is 4.91. The minimum Gasteiger partial charge on any atom is -0.433 e. The minimum absolute atomic E-state index is 0.0596. The Morgan fingerprint density at radius 3 is 2.57 bits per heavy atom. The molecule has 0 atom stereocenters. The number of hydrogen-bond acceptors (Lipinski definition) is 5. The molecule has 0 unspecified atom stereocenters. The smallest absolute Gasteiger partial charge is 0.387 e. The normalized spacial score (nSPS) is 18.9. The highest BCUT2D eigenvalue weighted by molar-refractivity contribution is 7.89. The molecule has 1 saturated heterocycles. The summed E-state index contributed by atoms with van der Waals surface area (Å²) in [5, 5.41) is 2.75. The number of urea groups is 1. The van der Waals surface area contributed by atoms with Crippen LogP contribution in [0.15, 0.2) is 29.2 Å². The lowest BCUT2D eigenvalue weighted by molar-refractivity contribution is -0.131. The van der Waals surface area contributed by atoms with Crippen molar-refractivity contribution in [3.63, 3.8) is 0 Å². The number of alkyl halides is 2. The van der Waals surface area contributed by atoms with E-state index in [-0.39, 0.29) is 25.4 Å². The summed E-state index contributed by atoms with van der Waals surface area (Å²) in [5.74, 6) is -0.726. The maximum absolute atomic E-state index is 12.5. The molecule has 3 amide bonds. The van der Waals surface area contributed by atoms with Crippen molar-refractivity contribution in [1.82, 2.24) is 14.9 Å². The molecule has 0 radical (unpaired) electrons. The molecule has 2 N–H and O–H groups in total. The van der Waals surface area contributed by atoms with Gasteiger partial charge in [0, 0.05) is 13.1 Å². The summed E-state index contributed by atoms with van der Waals surface area (Å²) in [6.45, 7) is -3.17. The molecule has 1 aromatic carbocycles. The molecule has 1 spiro atoms. The number of benzene rings is 1. The van der Waals surface area contributed by atoms with Crippen molar-refractivity contribution in [1.29, 1.82) is 0 Å². The summed E-state index contributed by atoms with van der Waals surface area (Å²) < 4.78 is 56.2. The molecule has 11 heteroatoms. The van der Waals surface area contributed by atoms with E-state index in [2.05, 4.69) is 14.8 Å². The van der Waals surface area contributed by atoms with E-state index in [0.717, 1.165) is 29.9 Å². The zero-order valence-corrected chi connectivity index (χ0v) is 15.8. The second-order valence-corrected chi connectivity index (χ2v) is 8.49. The number of nitrogens with zero attached hydrogens (tertiary/aromatic N) is 1. The zero-order chi connectivity index (χ0) is 20.4. The van der Waals surface area contributed by atoms with Gasteiger partial charge in [-0.2, -0.15) is 8.78 Å². The topological polar surface area (TPSA) is 105 Å². The van der Waals surface area contributed by atoms with Gasteiger partial charge in [0.25, 0.3) is 5.91 Å². The molecule has 1 aliphatic heterocycles. The Bertz CT molecular complexity index is 856. The Kier molecular flexibility index (Phi) is 5.84. The van der Waals surface area contributed by atoms with E-state index in [1.807, 2.05) is 0 Å². The van der Waals surface area contributed by atoms with E-state index in [1.54, 1.807) is 0 Å². The second-order valence-electron chi connectivity index (χ2n) is 6.75. The summed E-state index contributed by atoms with van der Waals surface area (Å²) in [6.07, 6.45) is 3.16. The van der Waals surface area contributed by atoms with Crippen molar-refractivity contribution in [3.8, 4) is 5.75 Å². The number of ether oxygens (including phenoxy) is 1. The minimum atomic E-state index is -4.09. The number of amides is 3. The van der Waals surface area contributed by atoms with Crippen LogP contribution in [0.1, 0.15) is 32.1 Å². The van der Waals surface area contributed by atoms with E-state index < -0.39 is 38.8 Å². The summed E-state index contributed by atoms with van der Waals surface area (Å²) in [5.41, 5.74) is -0.803. The molecule has 1 heterocycles. The lowest BCUT2D eigenvalue weighted by Crippen LogP contribution is -2.44. The standard InChI is InChI=1S/C17H21F2N3O5S/c18-15(19)27-12-6-1-2-7-13(12)28(25,26)20-10-5-11-22-14(23)17(21-16(22)24)8-3-4-9-17/h1-2,6-7,15,20H,3-5,8-11H2,(H,21,24). The van der Waals surface area contributed by atoms with Crippen LogP contribution in [-0.4, -0.2) is 50.5 Å². The maximum Gasteiger partial charge on any atom is 0.387 e. The van der Waals surface area contributed by atoms with Gasteiger partial charge in [-0.3, -0.25) is 9.69 Å². The molecule has 2 fully saturated rings. The quantitative estimate of drug-likeness (QED) is 0.496. The largest absolute Gasteiger partial charge is 0.433 e. The Labute approximate surface area is 161 Å². The van der Waals surface area contributed by atoms with Gasteiger partial charge in [-0.15, -0.1) is 0 Å². The van der Waals surface area contributed by atoms with Crippen molar-refractivity contribution in [2.24, 2.45) is 0 Å². The number of sulfonamides is 1. The van der Waals surface area contributed by atoms with E-state index >= 15 is 0 Å². The first-order chi connectivity index (χ1) is 13.3. The van der Waals surface area contributed by atoms with Crippen LogP contribution in [0, 0.1) is 0 Å². The SMILES string of the molecule is O=C1NC2(CCCC2)C(=O)N1CCCNS(=O)(=O)c1ccccc1OC(F)F. The van der Waals surface area contributed by atoms with Crippen LogP contribution < -0.4 is 14.8 Å². The Morgan fingerprint density at radius 2 is 1.89 bits per heavy atom. The monoisotopic (exact) mass is 417 g/mol. The average molecular weight is 417 g/mol. The van der Waals surface area contributed by atoms with E-state index in [4.69, 9.17) is 0 Å². The first kappa shape index (κ1) is 20.5. The summed E-state index contributed by atoms with van der Waals surface area (Å²) in [7, 11) is -4.09. The number of rotatable bonds is 8. The molecule has 154 valence electrons. The lowest BCUT2D eigenvalue weighted by atomic mass is 9.98. The highest BCUT2D eigenvalue weighted by Crippen LogP contribution is 2.35. The van der Waals surface area contributed by atoms with Gasteiger partial charge in [0.05, 0.1) is 0 Å². The molecule has 2 aliphatic rings. The van der Waals surface area contributed by atoms with Gasteiger partial charge >= 0.3 is 12.6 Å². The fourth-order valence-electron chi connectivity index (χ4n) is 3.58. The van der Waals surface area contributed by atoms with E-state index in [0.29, 0.717) is 12.8 Å². The van der Waals surface area contributed by atoms with E-state index in [1.165, 1.54) is 12.1 Å². The van der Waals surface area contributed by atoms with Gasteiger partial charge in [-0.25, -0.2) is 17.9 Å². The predicted octanol–water partition coefficient (Wildman–Crippen LogP) is 1.82. The second kappa shape index (κ2) is 8.00. The third kappa shape index (κ3) is 4.09. The van der Waals surface area contributed by atoms with Crippen LogP contribution in [0.5, 0.6) is 5.75 Å². The van der Waals surface area contributed by atoms with Crippen LogP contribution in [0.3, 0.4) is 0 Å². The van der Waals surface area contributed by atoms with Crippen LogP contribution in [0.25, 0.3) is 0 Å². The lowest BCUT2D eigenvalue weighted by Gasteiger charge is -2.20. The fourth-order valence-corrected chi connectivity index (χ4v) is 4.79. The number of carbonyl (C=O) groups excluding carboxylic acids is 2. The Hall–Kier alpha value is -2.27. The molecule has 28 heavy (non-hydrogen) atoms. The first-order valence-corrected chi connectivity index (χ1v) is 10.4. The molecule has 0 bridgehead atoms. The number of para-hydroxylation sites is 1. The summed E-state index contributed by atoms with van der Waals surface area (Å²) in [4.78, 5) is 25.3. The Morgan fingerprint density at radius 1 is 1.21 bits per heavy atom. The molecule has 3 rings (SSSR count). The molecule has 1 aromatic rings. The number of carbonyl (C=O) groups is 2. The van der Waals surface area contributed by atoms with Crippen molar-refractivity contribution >= 4 is 22.0 Å². The Balaban J connectivity index is 1.57. The van der Waals surface area contributed by atoms with Gasteiger partial charge in [0.1, 0.15) is 16.2 Å². The number of hydrogen-bond donors (Lipinski definition) is 2. The van der Waals surface area contributed by atoms with Crippen LogP contribution >= 0.6 is 0 Å². The van der Waals surface area contributed by atoms with Crippen LogP contribution in [0.2, 0.25) is 0 Å². The van der Waals surface area contributed by atoms with Crippen molar-refractivity contribution in [3.05, 3.63) is 24.3 Å². The number of halogens is 2. The number of imide groups is 1. The molecular formula is C17H21F2N3O5S. The third-order valence-corrected chi connectivity index (χ3v) is 6.41. The summed E-state index contributed by atoms with van der Waals surface area (Å²) >= 11 is 0. The van der Waals surface area contributed by atoms with Crippen LogP contribution in [-0.2, 0) is 14.8 Å². The number of nitrogens with one attached hydrogen (secondary N) is 2. The van der Waals surface area contributed by atoms with Gasteiger partial charge in [0.2, 0.25) is 10.0 Å². The van der Waals surface area contributed by atoms with Gasteiger partial charge in [0.15, 0.2) is 0 Å². The first-order valence-electron chi connectivity index (χ1n) is 8.93. The van der Waals surface area contributed by atoms with Crippen LogP contribution in [0.4, 0.5) is 13.6 Å². The predicted molar refractivity (Wildman–Crippen MR) is 94.3 cm³/mol. The van der Waals surface area contributed by atoms with E-state index in [9.17, 15) is 26.8 Å². The van der Waals surface area contributed by atoms with Gasteiger partial charge < -0.3 is 10.1 Å². The highest BCUT2D eigenvalue weighted by atomic mass is 32.2. The zero-order valence-electron chi connectivity index (χ0n) is 15.0.